The van der Waals surface area contributed by atoms with E-state index in [0.29, 0.717) is 0 Å². The van der Waals surface area contributed by atoms with Gasteiger partial charge in [0.2, 0.25) is 0 Å². The highest BCUT2D eigenvalue weighted by atomic mass is 79.9. The van der Waals surface area contributed by atoms with Crippen molar-refractivity contribution in [3.63, 3.8) is 0 Å². The lowest BCUT2D eigenvalue weighted by molar-refractivity contribution is 0.589. The minimum Gasteiger partial charge on any atom is -0.198 e. The first-order valence-electron chi connectivity index (χ1n) is 6.43. The van der Waals surface area contributed by atoms with E-state index in [9.17, 15) is 5.26 Å². The van der Waals surface area contributed by atoms with Crippen LogP contribution in [0.2, 0.25) is 0 Å². The topological polar surface area (TPSA) is 23.8 Å². The Hall–Kier alpha value is -0.810. The molecule has 0 heterocycles. The summed E-state index contributed by atoms with van der Waals surface area (Å²) in [6, 6.07) is 10.5. The molecule has 2 heteroatoms. The molecule has 1 rings (SSSR count). The Morgan fingerprint density at radius 3 is 2.53 bits per heavy atom. The van der Waals surface area contributed by atoms with Gasteiger partial charge in [-0.3, -0.25) is 0 Å². The minimum absolute atomic E-state index is 0.0344. The van der Waals surface area contributed by atoms with Gasteiger partial charge in [-0.15, -0.1) is 0 Å². The van der Waals surface area contributed by atoms with Crippen molar-refractivity contribution in [2.24, 2.45) is 0 Å². The number of rotatable bonds is 7. The molecule has 0 aliphatic heterocycles. The molecule has 1 atom stereocenters. The summed E-state index contributed by atoms with van der Waals surface area (Å²) < 4.78 is 1.06. The van der Waals surface area contributed by atoms with E-state index >= 15 is 0 Å². The molecule has 1 aromatic carbocycles. The molecule has 0 aromatic heterocycles. The van der Waals surface area contributed by atoms with Gasteiger partial charge in [-0.05, 0) is 18.1 Å². The van der Waals surface area contributed by atoms with Crippen molar-refractivity contribution in [2.75, 3.05) is 0 Å². The van der Waals surface area contributed by atoms with Gasteiger partial charge in [0.05, 0.1) is 12.0 Å². The normalized spacial score (nSPS) is 12.1. The molecule has 1 aromatic rings. The highest BCUT2D eigenvalue weighted by molar-refractivity contribution is 9.10. The molecule has 0 spiro atoms. The number of nitrogens with zero attached hydrogens (tertiary/aromatic N) is 1. The lowest BCUT2D eigenvalue weighted by Gasteiger charge is -2.11. The van der Waals surface area contributed by atoms with Crippen molar-refractivity contribution in [3.8, 4) is 6.07 Å². The van der Waals surface area contributed by atoms with Gasteiger partial charge in [-0.2, -0.15) is 5.26 Å². The van der Waals surface area contributed by atoms with Crippen LogP contribution in [0.4, 0.5) is 0 Å². The summed E-state index contributed by atoms with van der Waals surface area (Å²) in [5, 5.41) is 9.24. The molecule has 92 valence electrons. The maximum atomic E-state index is 9.24. The fraction of sp³-hybridized carbons (Fsp3) is 0.533. The molecule has 0 fully saturated rings. The number of unbranched alkanes of at least 4 members (excludes halogenated alkanes) is 4. The van der Waals surface area contributed by atoms with E-state index in [2.05, 4.69) is 28.9 Å². The van der Waals surface area contributed by atoms with Crippen LogP contribution in [-0.4, -0.2) is 0 Å². The monoisotopic (exact) mass is 293 g/mol. The Morgan fingerprint density at radius 2 is 1.88 bits per heavy atom. The van der Waals surface area contributed by atoms with Crippen LogP contribution in [0, 0.1) is 11.3 Å². The highest BCUT2D eigenvalue weighted by Gasteiger charge is 2.12. The maximum absolute atomic E-state index is 9.24. The number of hydrogen-bond acceptors (Lipinski definition) is 1. The third kappa shape index (κ3) is 4.91. The van der Waals surface area contributed by atoms with Gasteiger partial charge in [0.1, 0.15) is 0 Å². The zero-order chi connectivity index (χ0) is 12.5. The molecule has 0 saturated heterocycles. The van der Waals surface area contributed by atoms with Crippen molar-refractivity contribution >= 4 is 15.9 Å². The van der Waals surface area contributed by atoms with Crippen LogP contribution in [0.5, 0.6) is 0 Å². The van der Waals surface area contributed by atoms with Crippen molar-refractivity contribution < 1.29 is 0 Å². The molecular formula is C15H20BrN. The largest absolute Gasteiger partial charge is 0.198 e. The van der Waals surface area contributed by atoms with Crippen LogP contribution in [0.3, 0.4) is 0 Å². The second-order valence-electron chi connectivity index (χ2n) is 4.41. The van der Waals surface area contributed by atoms with Gasteiger partial charge >= 0.3 is 0 Å². The summed E-state index contributed by atoms with van der Waals surface area (Å²) in [6.07, 6.45) is 7.25. The van der Waals surface area contributed by atoms with Gasteiger partial charge in [0.25, 0.3) is 0 Å². The molecule has 0 radical (unpaired) electrons. The first-order chi connectivity index (χ1) is 8.29. The molecular weight excluding hydrogens is 274 g/mol. The third-order valence-corrected chi connectivity index (χ3v) is 3.75. The van der Waals surface area contributed by atoms with Crippen LogP contribution in [0.25, 0.3) is 0 Å². The van der Waals surface area contributed by atoms with E-state index in [0.717, 1.165) is 22.9 Å². The van der Waals surface area contributed by atoms with Gasteiger partial charge in [-0.25, -0.2) is 0 Å². The van der Waals surface area contributed by atoms with Gasteiger partial charge in [-0.1, -0.05) is 73.2 Å². The van der Waals surface area contributed by atoms with E-state index in [1.54, 1.807) is 0 Å². The molecule has 0 saturated carbocycles. The number of halogens is 1. The Bertz CT molecular complexity index is 367. The summed E-state index contributed by atoms with van der Waals surface area (Å²) in [5.74, 6) is 0.0344. The quantitative estimate of drug-likeness (QED) is 0.616. The highest BCUT2D eigenvalue weighted by Crippen LogP contribution is 2.28. The molecule has 0 bridgehead atoms. The molecule has 17 heavy (non-hydrogen) atoms. The summed E-state index contributed by atoms with van der Waals surface area (Å²) in [6.45, 7) is 2.22. The third-order valence-electron chi connectivity index (χ3n) is 3.03. The number of hydrogen-bond donors (Lipinski definition) is 0. The Balaban J connectivity index is 2.45. The molecule has 0 aliphatic carbocycles. The first-order valence-corrected chi connectivity index (χ1v) is 7.23. The lowest BCUT2D eigenvalue weighted by atomic mass is 9.94. The Labute approximate surface area is 113 Å². The summed E-state index contributed by atoms with van der Waals surface area (Å²) >= 11 is 3.52. The van der Waals surface area contributed by atoms with Crippen LogP contribution >= 0.6 is 15.9 Å². The first kappa shape index (κ1) is 14.3. The van der Waals surface area contributed by atoms with Crippen molar-refractivity contribution in [3.05, 3.63) is 34.3 Å². The van der Waals surface area contributed by atoms with Crippen LogP contribution in [0.15, 0.2) is 28.7 Å². The van der Waals surface area contributed by atoms with Crippen LogP contribution in [0.1, 0.15) is 56.9 Å². The SMILES string of the molecule is CCCCCCC[C@H](C#N)c1ccccc1Br. The molecule has 0 amide bonds. The van der Waals surface area contributed by atoms with Crippen molar-refractivity contribution in [1.82, 2.24) is 0 Å². The van der Waals surface area contributed by atoms with Gasteiger partial charge in [0, 0.05) is 4.47 Å². The fourth-order valence-electron chi connectivity index (χ4n) is 2.00. The lowest BCUT2D eigenvalue weighted by Crippen LogP contribution is -1.97. The predicted molar refractivity (Wildman–Crippen MR) is 75.9 cm³/mol. The van der Waals surface area contributed by atoms with E-state index < -0.39 is 0 Å². The van der Waals surface area contributed by atoms with Crippen molar-refractivity contribution in [1.29, 1.82) is 5.26 Å². The van der Waals surface area contributed by atoms with E-state index in [-0.39, 0.29) is 5.92 Å². The Morgan fingerprint density at radius 1 is 1.18 bits per heavy atom. The van der Waals surface area contributed by atoms with Gasteiger partial charge < -0.3 is 0 Å². The number of nitriles is 1. The van der Waals surface area contributed by atoms with Gasteiger partial charge in [0.15, 0.2) is 0 Å². The zero-order valence-corrected chi connectivity index (χ0v) is 12.0. The average Bonchev–Trinajstić information content (AvgIpc) is 2.35. The molecule has 0 unspecified atom stereocenters. The minimum atomic E-state index is 0.0344. The molecule has 0 N–H and O–H groups in total. The van der Waals surface area contributed by atoms with Crippen LogP contribution < -0.4 is 0 Å². The summed E-state index contributed by atoms with van der Waals surface area (Å²) in [4.78, 5) is 0. The summed E-state index contributed by atoms with van der Waals surface area (Å²) in [7, 11) is 0. The summed E-state index contributed by atoms with van der Waals surface area (Å²) in [5.41, 5.74) is 1.13. The molecule has 0 aliphatic rings. The second kappa shape index (κ2) is 8.31. The van der Waals surface area contributed by atoms with E-state index in [1.165, 1.54) is 25.7 Å². The number of benzene rings is 1. The standard InChI is InChI=1S/C15H20BrN/c1-2-3-4-5-6-9-13(12-17)14-10-7-8-11-15(14)16/h7-8,10-11,13H,2-6,9H2,1H3/t13-/m1/s1. The van der Waals surface area contributed by atoms with E-state index in [1.807, 2.05) is 24.3 Å². The second-order valence-corrected chi connectivity index (χ2v) is 5.26. The maximum Gasteiger partial charge on any atom is 0.0723 e. The zero-order valence-electron chi connectivity index (χ0n) is 10.5. The fourth-order valence-corrected chi connectivity index (χ4v) is 2.56. The average molecular weight is 294 g/mol. The Kier molecular flexibility index (Phi) is 6.96. The van der Waals surface area contributed by atoms with E-state index in [4.69, 9.17) is 0 Å². The van der Waals surface area contributed by atoms with Crippen LogP contribution in [-0.2, 0) is 0 Å². The smallest absolute Gasteiger partial charge is 0.0723 e. The van der Waals surface area contributed by atoms with Crippen molar-refractivity contribution in [2.45, 2.75) is 51.4 Å². The predicted octanol–water partition coefficient (Wildman–Crippen LogP) is 5.42. The molecule has 1 nitrogen and oxygen atoms in total.